The molecule has 1 aliphatic carbocycles. The van der Waals surface area contributed by atoms with Gasteiger partial charge < -0.3 is 19.9 Å². The van der Waals surface area contributed by atoms with Gasteiger partial charge in [0.25, 0.3) is 0 Å². The maximum atomic E-state index is 9.79. The highest BCUT2D eigenvalue weighted by Gasteiger charge is 2.24. The van der Waals surface area contributed by atoms with Crippen LogP contribution in [0.1, 0.15) is 24.8 Å². The van der Waals surface area contributed by atoms with E-state index in [0.29, 0.717) is 29.9 Å². The van der Waals surface area contributed by atoms with Gasteiger partial charge in [0.15, 0.2) is 11.5 Å². The molecule has 4 nitrogen and oxygen atoms in total. The molecule has 1 aliphatic heterocycles. The number of halogens is 1. The van der Waals surface area contributed by atoms with Gasteiger partial charge in [-0.25, -0.2) is 0 Å². The van der Waals surface area contributed by atoms with E-state index in [9.17, 15) is 5.11 Å². The first kappa shape index (κ1) is 14.0. The molecule has 0 aromatic heterocycles. The van der Waals surface area contributed by atoms with Crippen molar-refractivity contribution in [3.05, 3.63) is 22.7 Å². The van der Waals surface area contributed by atoms with Gasteiger partial charge >= 0.3 is 0 Å². The molecule has 2 unspecified atom stereocenters. The van der Waals surface area contributed by atoms with Crippen LogP contribution in [0, 0.1) is 5.92 Å². The van der Waals surface area contributed by atoms with Crippen LogP contribution in [0.4, 0.5) is 0 Å². The van der Waals surface area contributed by atoms with Gasteiger partial charge in [0.05, 0.1) is 11.1 Å². The predicted octanol–water partition coefficient (Wildman–Crippen LogP) is 2.36. The van der Waals surface area contributed by atoms with E-state index in [-0.39, 0.29) is 6.10 Å². The molecule has 3 rings (SSSR count). The van der Waals surface area contributed by atoms with Crippen molar-refractivity contribution < 1.29 is 14.6 Å². The maximum Gasteiger partial charge on any atom is 0.179 e. The first-order valence-corrected chi connectivity index (χ1v) is 7.58. The van der Waals surface area contributed by atoms with Crippen LogP contribution in [0.5, 0.6) is 11.5 Å². The monoisotopic (exact) mass is 297 g/mol. The Morgan fingerprint density at radius 2 is 2.10 bits per heavy atom. The molecule has 2 aliphatic rings. The number of benzene rings is 1. The first-order chi connectivity index (χ1) is 9.74. The minimum atomic E-state index is -0.147. The van der Waals surface area contributed by atoms with E-state index in [1.807, 2.05) is 12.1 Å². The number of fused-ring (bicyclic) bond motifs is 1. The zero-order valence-electron chi connectivity index (χ0n) is 11.4. The minimum absolute atomic E-state index is 0.147. The van der Waals surface area contributed by atoms with E-state index < -0.39 is 0 Å². The fourth-order valence-corrected chi connectivity index (χ4v) is 3.21. The molecule has 0 radical (unpaired) electrons. The molecule has 2 atom stereocenters. The highest BCUT2D eigenvalue weighted by Crippen LogP contribution is 2.38. The van der Waals surface area contributed by atoms with Crippen LogP contribution in [0.2, 0.25) is 5.02 Å². The summed E-state index contributed by atoms with van der Waals surface area (Å²) in [5, 5.41) is 13.8. The standard InChI is InChI=1S/C15H20ClNO3/c16-12-6-10(7-14-15(12)20-5-4-19-14)8-17-9-11-2-1-3-13(11)18/h6-7,11,13,17-18H,1-5,8-9H2. The zero-order chi connectivity index (χ0) is 13.9. The van der Waals surface area contributed by atoms with E-state index >= 15 is 0 Å². The molecule has 1 aromatic carbocycles. The molecule has 110 valence electrons. The maximum absolute atomic E-state index is 9.79. The zero-order valence-corrected chi connectivity index (χ0v) is 12.2. The summed E-state index contributed by atoms with van der Waals surface area (Å²) in [4.78, 5) is 0. The second kappa shape index (κ2) is 6.20. The summed E-state index contributed by atoms with van der Waals surface area (Å²) in [6.07, 6.45) is 3.02. The van der Waals surface area contributed by atoms with Crippen molar-refractivity contribution in [3.8, 4) is 11.5 Å². The van der Waals surface area contributed by atoms with Gasteiger partial charge in [-0.1, -0.05) is 18.0 Å². The molecule has 0 amide bonds. The van der Waals surface area contributed by atoms with Crippen LogP contribution in [0.25, 0.3) is 0 Å². The third kappa shape index (κ3) is 3.03. The van der Waals surface area contributed by atoms with E-state index in [1.165, 1.54) is 0 Å². The quantitative estimate of drug-likeness (QED) is 0.896. The molecule has 1 saturated carbocycles. The van der Waals surface area contributed by atoms with Crippen LogP contribution in [0.3, 0.4) is 0 Å². The van der Waals surface area contributed by atoms with E-state index in [0.717, 1.165) is 43.7 Å². The van der Waals surface area contributed by atoms with Crippen LogP contribution in [-0.2, 0) is 6.54 Å². The molecule has 5 heteroatoms. The van der Waals surface area contributed by atoms with Crippen molar-refractivity contribution in [2.75, 3.05) is 19.8 Å². The topological polar surface area (TPSA) is 50.7 Å². The van der Waals surface area contributed by atoms with E-state index in [2.05, 4.69) is 5.32 Å². The van der Waals surface area contributed by atoms with Gasteiger partial charge in [-0.05, 0) is 36.5 Å². The lowest BCUT2D eigenvalue weighted by molar-refractivity contribution is 0.131. The number of hydrogen-bond donors (Lipinski definition) is 2. The Morgan fingerprint density at radius 1 is 1.25 bits per heavy atom. The van der Waals surface area contributed by atoms with Crippen molar-refractivity contribution in [1.82, 2.24) is 5.32 Å². The fraction of sp³-hybridized carbons (Fsp3) is 0.600. The summed E-state index contributed by atoms with van der Waals surface area (Å²) in [5.41, 5.74) is 1.08. The third-order valence-electron chi connectivity index (χ3n) is 4.01. The van der Waals surface area contributed by atoms with Crippen molar-refractivity contribution in [1.29, 1.82) is 0 Å². The molecule has 20 heavy (non-hydrogen) atoms. The lowest BCUT2D eigenvalue weighted by Crippen LogP contribution is -2.27. The lowest BCUT2D eigenvalue weighted by Gasteiger charge is -2.21. The molecular formula is C15H20ClNO3. The third-order valence-corrected chi connectivity index (χ3v) is 4.29. The Bertz CT molecular complexity index is 480. The number of ether oxygens (including phenoxy) is 2. The summed E-state index contributed by atoms with van der Waals surface area (Å²) in [6.45, 7) is 2.67. The highest BCUT2D eigenvalue weighted by atomic mass is 35.5. The normalized spacial score (nSPS) is 24.9. The van der Waals surface area contributed by atoms with E-state index in [1.54, 1.807) is 0 Å². The molecule has 1 fully saturated rings. The molecule has 0 saturated heterocycles. The summed E-state index contributed by atoms with van der Waals surface area (Å²) < 4.78 is 11.1. The van der Waals surface area contributed by atoms with Crippen LogP contribution in [0.15, 0.2) is 12.1 Å². The van der Waals surface area contributed by atoms with Crippen molar-refractivity contribution in [3.63, 3.8) is 0 Å². The van der Waals surface area contributed by atoms with Gasteiger partial charge in [-0.2, -0.15) is 0 Å². The second-order valence-electron chi connectivity index (χ2n) is 5.49. The Kier molecular flexibility index (Phi) is 4.34. The van der Waals surface area contributed by atoms with Gasteiger partial charge in [-0.15, -0.1) is 0 Å². The van der Waals surface area contributed by atoms with Gasteiger partial charge in [0.1, 0.15) is 13.2 Å². The predicted molar refractivity (Wildman–Crippen MR) is 77.5 cm³/mol. The summed E-state index contributed by atoms with van der Waals surface area (Å²) in [6, 6.07) is 3.88. The number of rotatable bonds is 4. The Balaban J connectivity index is 1.59. The summed E-state index contributed by atoms with van der Waals surface area (Å²) >= 11 is 6.20. The second-order valence-corrected chi connectivity index (χ2v) is 5.90. The summed E-state index contributed by atoms with van der Waals surface area (Å²) in [5.74, 6) is 1.75. The minimum Gasteiger partial charge on any atom is -0.486 e. The first-order valence-electron chi connectivity index (χ1n) is 7.21. The number of aliphatic hydroxyl groups excluding tert-OH is 1. The van der Waals surface area contributed by atoms with Crippen LogP contribution < -0.4 is 14.8 Å². The smallest absolute Gasteiger partial charge is 0.179 e. The highest BCUT2D eigenvalue weighted by molar-refractivity contribution is 6.32. The fourth-order valence-electron chi connectivity index (χ4n) is 2.92. The molecule has 2 N–H and O–H groups in total. The number of hydrogen-bond acceptors (Lipinski definition) is 4. The van der Waals surface area contributed by atoms with E-state index in [4.69, 9.17) is 21.1 Å². The largest absolute Gasteiger partial charge is 0.486 e. The lowest BCUT2D eigenvalue weighted by atomic mass is 10.1. The SMILES string of the molecule is OC1CCCC1CNCc1cc(Cl)c2c(c1)OCCO2. The average Bonchev–Trinajstić information content (AvgIpc) is 2.85. The molecular weight excluding hydrogens is 278 g/mol. The Hall–Kier alpha value is -0.970. The van der Waals surface area contributed by atoms with Crippen molar-refractivity contribution in [2.45, 2.75) is 31.9 Å². The summed E-state index contributed by atoms with van der Waals surface area (Å²) in [7, 11) is 0. The molecule has 0 spiro atoms. The Morgan fingerprint density at radius 3 is 2.90 bits per heavy atom. The molecule has 1 heterocycles. The van der Waals surface area contributed by atoms with Crippen LogP contribution in [-0.4, -0.2) is 31.0 Å². The number of nitrogens with one attached hydrogen (secondary N) is 1. The van der Waals surface area contributed by atoms with Gasteiger partial charge in [-0.3, -0.25) is 0 Å². The number of aliphatic hydroxyl groups is 1. The van der Waals surface area contributed by atoms with Gasteiger partial charge in [0, 0.05) is 13.1 Å². The Labute approximate surface area is 124 Å². The molecule has 0 bridgehead atoms. The average molecular weight is 298 g/mol. The van der Waals surface area contributed by atoms with Crippen molar-refractivity contribution >= 4 is 11.6 Å². The van der Waals surface area contributed by atoms with Crippen molar-refractivity contribution in [2.24, 2.45) is 5.92 Å². The van der Waals surface area contributed by atoms with Crippen LogP contribution >= 0.6 is 11.6 Å². The van der Waals surface area contributed by atoms with Gasteiger partial charge in [0.2, 0.25) is 0 Å². The molecule has 1 aromatic rings.